The van der Waals surface area contributed by atoms with Crippen LogP contribution in [0.2, 0.25) is 0 Å². The van der Waals surface area contributed by atoms with E-state index in [0.717, 1.165) is 16.2 Å². The lowest BCUT2D eigenvalue weighted by Crippen LogP contribution is -2.38. The molecule has 1 heterocycles. The molecule has 0 aliphatic carbocycles. The molecule has 0 radical (unpaired) electrons. The number of nitrogens with one attached hydrogen (secondary N) is 2. The maximum atomic E-state index is 12.4. The number of hydrogen-bond donors (Lipinski definition) is 2. The van der Waals surface area contributed by atoms with Crippen LogP contribution >= 0.6 is 0 Å². The van der Waals surface area contributed by atoms with Crippen molar-refractivity contribution in [3.05, 3.63) is 29.8 Å². The van der Waals surface area contributed by atoms with Crippen molar-refractivity contribution >= 4 is 17.8 Å². The van der Waals surface area contributed by atoms with Crippen LogP contribution in [-0.4, -0.2) is 74.5 Å². The van der Waals surface area contributed by atoms with E-state index in [0.29, 0.717) is 19.5 Å². The van der Waals surface area contributed by atoms with Gasteiger partial charge < -0.3 is 20.3 Å². The third kappa shape index (κ3) is 5.19. The Bertz CT molecular complexity index is 662. The molecule has 2 N–H and O–H groups in total. The standard InChI is InChI=1S/C18H26N4O4/c1-21(2)11-9-19-16(23)12-14-17(24)22(18(25)20-14)10-8-13-6-4-5-7-15(13)26-3/h4-7,14H,8-12H2,1-3H3,(H,19,23)(H,20,25)/t14-/m0/s1. The summed E-state index contributed by atoms with van der Waals surface area (Å²) in [4.78, 5) is 39.6. The monoisotopic (exact) mass is 362 g/mol. The van der Waals surface area contributed by atoms with Gasteiger partial charge in [0, 0.05) is 19.6 Å². The van der Waals surface area contributed by atoms with Crippen molar-refractivity contribution in [1.82, 2.24) is 20.4 Å². The lowest BCUT2D eigenvalue weighted by Gasteiger charge is -2.14. The number of nitrogens with zero attached hydrogens (tertiary/aromatic N) is 2. The minimum absolute atomic E-state index is 0.0524. The summed E-state index contributed by atoms with van der Waals surface area (Å²) in [6, 6.07) is 6.20. The summed E-state index contributed by atoms with van der Waals surface area (Å²) in [5.41, 5.74) is 0.917. The molecule has 0 unspecified atom stereocenters. The zero-order valence-electron chi connectivity index (χ0n) is 15.4. The first-order valence-electron chi connectivity index (χ1n) is 8.57. The first kappa shape index (κ1) is 19.7. The first-order valence-corrected chi connectivity index (χ1v) is 8.57. The highest BCUT2D eigenvalue weighted by Crippen LogP contribution is 2.19. The Hall–Kier alpha value is -2.61. The van der Waals surface area contributed by atoms with Crippen LogP contribution in [0.3, 0.4) is 0 Å². The smallest absolute Gasteiger partial charge is 0.324 e. The van der Waals surface area contributed by atoms with Crippen molar-refractivity contribution in [2.45, 2.75) is 18.9 Å². The highest BCUT2D eigenvalue weighted by molar-refractivity contribution is 6.05. The molecule has 1 aliphatic rings. The molecule has 8 heteroatoms. The summed E-state index contributed by atoms with van der Waals surface area (Å²) in [5, 5.41) is 5.33. The molecule has 142 valence electrons. The van der Waals surface area contributed by atoms with Gasteiger partial charge in [-0.25, -0.2) is 4.79 Å². The predicted molar refractivity (Wildman–Crippen MR) is 96.9 cm³/mol. The van der Waals surface area contributed by atoms with Gasteiger partial charge in [-0.2, -0.15) is 0 Å². The number of rotatable bonds is 9. The quantitative estimate of drug-likeness (QED) is 0.614. The molecule has 1 aromatic carbocycles. The van der Waals surface area contributed by atoms with Gasteiger partial charge in [-0.1, -0.05) is 18.2 Å². The summed E-state index contributed by atoms with van der Waals surface area (Å²) < 4.78 is 5.28. The molecule has 1 saturated heterocycles. The zero-order chi connectivity index (χ0) is 19.1. The molecule has 1 aromatic rings. The number of methoxy groups -OCH3 is 1. The first-order chi connectivity index (χ1) is 12.4. The van der Waals surface area contributed by atoms with Crippen LogP contribution in [0.25, 0.3) is 0 Å². The van der Waals surface area contributed by atoms with Crippen LogP contribution in [0.4, 0.5) is 4.79 Å². The summed E-state index contributed by atoms with van der Waals surface area (Å²) in [6.45, 7) is 1.45. The molecule has 2 rings (SSSR count). The Kier molecular flexibility index (Phi) is 6.97. The van der Waals surface area contributed by atoms with Gasteiger partial charge in [0.1, 0.15) is 11.8 Å². The number of imide groups is 1. The van der Waals surface area contributed by atoms with Crippen molar-refractivity contribution in [3.8, 4) is 5.75 Å². The molecule has 4 amide bonds. The minimum Gasteiger partial charge on any atom is -0.496 e. The van der Waals surface area contributed by atoms with Crippen molar-refractivity contribution < 1.29 is 19.1 Å². The second kappa shape index (κ2) is 9.19. The van der Waals surface area contributed by atoms with E-state index in [9.17, 15) is 14.4 Å². The molecule has 1 aliphatic heterocycles. The Balaban J connectivity index is 1.87. The molecule has 26 heavy (non-hydrogen) atoms. The van der Waals surface area contributed by atoms with Gasteiger partial charge in [-0.3, -0.25) is 14.5 Å². The van der Waals surface area contributed by atoms with Crippen LogP contribution in [0.5, 0.6) is 5.75 Å². The zero-order valence-corrected chi connectivity index (χ0v) is 15.4. The number of benzene rings is 1. The number of urea groups is 1. The van der Waals surface area contributed by atoms with E-state index >= 15 is 0 Å². The lowest BCUT2D eigenvalue weighted by atomic mass is 10.1. The molecule has 0 saturated carbocycles. The number of carbonyl (C=O) groups excluding carboxylic acids is 3. The molecular weight excluding hydrogens is 336 g/mol. The molecule has 0 aromatic heterocycles. The van der Waals surface area contributed by atoms with Crippen molar-refractivity contribution in [3.63, 3.8) is 0 Å². The predicted octanol–water partition coefficient (Wildman–Crippen LogP) is 0.226. The van der Waals surface area contributed by atoms with Crippen LogP contribution in [-0.2, 0) is 16.0 Å². The van der Waals surface area contributed by atoms with E-state index in [1.807, 2.05) is 43.3 Å². The number of likely N-dealkylation sites (N-methyl/N-ethyl adjacent to an activating group) is 1. The van der Waals surface area contributed by atoms with E-state index in [1.165, 1.54) is 0 Å². The molecule has 0 bridgehead atoms. The molecule has 0 spiro atoms. The van der Waals surface area contributed by atoms with E-state index < -0.39 is 12.1 Å². The third-order valence-electron chi connectivity index (χ3n) is 4.17. The van der Waals surface area contributed by atoms with Crippen molar-refractivity contribution in [2.24, 2.45) is 0 Å². The van der Waals surface area contributed by atoms with Gasteiger partial charge in [-0.15, -0.1) is 0 Å². The topological polar surface area (TPSA) is 91.0 Å². The maximum absolute atomic E-state index is 12.4. The molecular formula is C18H26N4O4. The number of carbonyl (C=O) groups is 3. The van der Waals surface area contributed by atoms with Crippen LogP contribution < -0.4 is 15.4 Å². The fourth-order valence-corrected chi connectivity index (χ4v) is 2.75. The average molecular weight is 362 g/mol. The second-order valence-electron chi connectivity index (χ2n) is 6.41. The summed E-state index contributed by atoms with van der Waals surface area (Å²) in [7, 11) is 5.40. The SMILES string of the molecule is COc1ccccc1CCN1C(=O)N[C@@H](CC(=O)NCCN(C)C)C1=O. The van der Waals surface area contributed by atoms with Crippen molar-refractivity contribution in [1.29, 1.82) is 0 Å². The Morgan fingerprint density at radius 2 is 2.04 bits per heavy atom. The van der Waals surface area contributed by atoms with E-state index in [4.69, 9.17) is 4.74 Å². The van der Waals surface area contributed by atoms with Gasteiger partial charge in [0.15, 0.2) is 0 Å². The summed E-state index contributed by atoms with van der Waals surface area (Å²) in [5.74, 6) is 0.0983. The number of amides is 4. The van der Waals surface area contributed by atoms with Gasteiger partial charge >= 0.3 is 6.03 Å². The summed E-state index contributed by atoms with van der Waals surface area (Å²) >= 11 is 0. The summed E-state index contributed by atoms with van der Waals surface area (Å²) in [6.07, 6.45) is 0.439. The van der Waals surface area contributed by atoms with E-state index in [-0.39, 0.29) is 24.8 Å². The van der Waals surface area contributed by atoms with Crippen LogP contribution in [0.15, 0.2) is 24.3 Å². The van der Waals surface area contributed by atoms with Gasteiger partial charge in [0.05, 0.1) is 13.5 Å². The molecule has 1 atom stereocenters. The minimum atomic E-state index is -0.806. The Labute approximate surface area is 153 Å². The second-order valence-corrected chi connectivity index (χ2v) is 6.41. The fraction of sp³-hybridized carbons (Fsp3) is 0.500. The molecule has 8 nitrogen and oxygen atoms in total. The normalized spacial score (nSPS) is 16.8. The van der Waals surface area contributed by atoms with E-state index in [2.05, 4.69) is 10.6 Å². The Morgan fingerprint density at radius 1 is 1.31 bits per heavy atom. The third-order valence-corrected chi connectivity index (χ3v) is 4.17. The number of para-hydroxylation sites is 1. The Morgan fingerprint density at radius 3 is 2.73 bits per heavy atom. The highest BCUT2D eigenvalue weighted by atomic mass is 16.5. The van der Waals surface area contributed by atoms with Gasteiger partial charge in [0.2, 0.25) is 5.91 Å². The average Bonchev–Trinajstić information content (AvgIpc) is 2.86. The maximum Gasteiger partial charge on any atom is 0.324 e. The number of hydrogen-bond acceptors (Lipinski definition) is 5. The molecule has 1 fully saturated rings. The number of ether oxygens (including phenoxy) is 1. The van der Waals surface area contributed by atoms with Crippen molar-refractivity contribution in [2.75, 3.05) is 40.8 Å². The fourth-order valence-electron chi connectivity index (χ4n) is 2.75. The lowest BCUT2D eigenvalue weighted by molar-refractivity contribution is -0.130. The van der Waals surface area contributed by atoms with Crippen LogP contribution in [0.1, 0.15) is 12.0 Å². The van der Waals surface area contributed by atoms with Gasteiger partial charge in [0.25, 0.3) is 5.91 Å². The van der Waals surface area contributed by atoms with Crippen LogP contribution in [0, 0.1) is 0 Å². The largest absolute Gasteiger partial charge is 0.496 e. The van der Waals surface area contributed by atoms with E-state index in [1.54, 1.807) is 7.11 Å². The highest BCUT2D eigenvalue weighted by Gasteiger charge is 2.38. The van der Waals surface area contributed by atoms with Gasteiger partial charge in [-0.05, 0) is 32.1 Å².